The van der Waals surface area contributed by atoms with E-state index in [9.17, 15) is 17.2 Å². The Balaban J connectivity index is 2.30. The number of hydrogen-bond acceptors (Lipinski definition) is 4. The van der Waals surface area contributed by atoms with Crippen molar-refractivity contribution >= 4 is 10.0 Å². The van der Waals surface area contributed by atoms with Gasteiger partial charge in [0.1, 0.15) is 0 Å². The first-order chi connectivity index (χ1) is 8.79. The lowest BCUT2D eigenvalue weighted by molar-refractivity contribution is 0.395. The number of aromatic hydroxyl groups is 1. The van der Waals surface area contributed by atoms with Crippen LogP contribution in [0.25, 0.3) is 0 Å². The molecule has 108 valence electrons. The third-order valence-electron chi connectivity index (χ3n) is 2.30. The number of phenolic OH excluding ortho intramolecular Hbond substituents is 1. The van der Waals surface area contributed by atoms with E-state index < -0.39 is 27.4 Å². The van der Waals surface area contributed by atoms with Gasteiger partial charge in [-0.05, 0) is 30.7 Å². The van der Waals surface area contributed by atoms with Crippen molar-refractivity contribution in [3.05, 3.63) is 29.3 Å². The summed E-state index contributed by atoms with van der Waals surface area (Å²) >= 11 is 0. The molecular weight excluding hydrogens is 278 g/mol. The first kappa shape index (κ1) is 15.8. The van der Waals surface area contributed by atoms with Crippen LogP contribution in [0.15, 0.2) is 12.1 Å². The summed E-state index contributed by atoms with van der Waals surface area (Å²) in [5.41, 5.74) is 0.365. The molecule has 0 bridgehead atoms. The van der Waals surface area contributed by atoms with Gasteiger partial charge in [-0.25, -0.2) is 21.9 Å². The lowest BCUT2D eigenvalue weighted by Crippen LogP contribution is -2.26. The molecule has 0 saturated heterocycles. The Labute approximate surface area is 110 Å². The van der Waals surface area contributed by atoms with Crippen molar-refractivity contribution in [3.8, 4) is 5.75 Å². The van der Waals surface area contributed by atoms with E-state index >= 15 is 0 Å². The van der Waals surface area contributed by atoms with Crippen LogP contribution in [0, 0.1) is 11.6 Å². The first-order valence-electron chi connectivity index (χ1n) is 5.62. The van der Waals surface area contributed by atoms with Gasteiger partial charge < -0.3 is 10.4 Å². The average molecular weight is 294 g/mol. The summed E-state index contributed by atoms with van der Waals surface area (Å²) in [4.78, 5) is 0. The molecule has 0 amide bonds. The highest BCUT2D eigenvalue weighted by Gasteiger charge is 2.09. The molecule has 0 unspecified atom stereocenters. The number of nitrogens with one attached hydrogen (secondary N) is 2. The Kier molecular flexibility index (Phi) is 5.64. The molecule has 1 rings (SSSR count). The molecule has 0 fully saturated rings. The lowest BCUT2D eigenvalue weighted by Gasteiger charge is -2.07. The molecule has 0 aromatic heterocycles. The number of rotatable bonds is 7. The quantitative estimate of drug-likeness (QED) is 0.647. The molecule has 1 aromatic rings. The Morgan fingerprint density at radius 1 is 1.21 bits per heavy atom. The summed E-state index contributed by atoms with van der Waals surface area (Å²) in [6.45, 7) is 1.02. The summed E-state index contributed by atoms with van der Waals surface area (Å²) in [5.74, 6) is -2.99. The fourth-order valence-corrected chi connectivity index (χ4v) is 1.94. The molecule has 19 heavy (non-hydrogen) atoms. The largest absolute Gasteiger partial charge is 0.503 e. The van der Waals surface area contributed by atoms with Crippen molar-refractivity contribution in [2.45, 2.75) is 13.0 Å². The highest BCUT2D eigenvalue weighted by molar-refractivity contribution is 7.88. The Hall–Kier alpha value is -1.25. The van der Waals surface area contributed by atoms with Gasteiger partial charge in [-0.15, -0.1) is 0 Å². The van der Waals surface area contributed by atoms with Crippen LogP contribution in [0.5, 0.6) is 5.75 Å². The molecule has 0 saturated carbocycles. The van der Waals surface area contributed by atoms with Crippen molar-refractivity contribution < 1.29 is 22.3 Å². The van der Waals surface area contributed by atoms with E-state index in [0.717, 1.165) is 18.4 Å². The molecule has 3 N–H and O–H groups in total. The summed E-state index contributed by atoms with van der Waals surface area (Å²) in [5, 5.41) is 11.8. The molecule has 0 aliphatic heterocycles. The molecular formula is C11H16F2N2O3S. The van der Waals surface area contributed by atoms with E-state index in [1.165, 1.54) is 0 Å². The smallest absolute Gasteiger partial charge is 0.208 e. The number of sulfonamides is 1. The molecule has 0 atom stereocenters. The predicted molar refractivity (Wildman–Crippen MR) is 67.2 cm³/mol. The standard InChI is InChI=1S/C11H16F2N2O3S/c1-19(17,18)15-4-2-3-14-7-8-5-9(12)11(16)10(13)6-8/h5-6,14-16H,2-4,7H2,1H3. The summed E-state index contributed by atoms with van der Waals surface area (Å²) in [6, 6.07) is 2.08. The topological polar surface area (TPSA) is 78.4 Å². The van der Waals surface area contributed by atoms with Crippen LogP contribution in [-0.2, 0) is 16.6 Å². The van der Waals surface area contributed by atoms with Gasteiger partial charge in [0.25, 0.3) is 0 Å². The van der Waals surface area contributed by atoms with E-state index in [1.54, 1.807) is 0 Å². The van der Waals surface area contributed by atoms with Gasteiger partial charge in [-0.1, -0.05) is 0 Å². The van der Waals surface area contributed by atoms with Crippen LogP contribution in [0.1, 0.15) is 12.0 Å². The van der Waals surface area contributed by atoms with Gasteiger partial charge in [0.15, 0.2) is 17.4 Å². The number of phenols is 1. The van der Waals surface area contributed by atoms with Crippen molar-refractivity contribution in [2.24, 2.45) is 0 Å². The third-order valence-corrected chi connectivity index (χ3v) is 3.03. The van der Waals surface area contributed by atoms with Gasteiger partial charge in [-0.2, -0.15) is 0 Å². The van der Waals surface area contributed by atoms with Gasteiger partial charge >= 0.3 is 0 Å². The Morgan fingerprint density at radius 3 is 2.32 bits per heavy atom. The maximum Gasteiger partial charge on any atom is 0.208 e. The van der Waals surface area contributed by atoms with E-state index in [0.29, 0.717) is 25.1 Å². The lowest BCUT2D eigenvalue weighted by atomic mass is 10.2. The molecule has 1 aromatic carbocycles. The maximum atomic E-state index is 13.0. The van der Waals surface area contributed by atoms with Crippen LogP contribution in [-0.4, -0.2) is 32.9 Å². The van der Waals surface area contributed by atoms with Crippen LogP contribution in [0.3, 0.4) is 0 Å². The molecule has 0 heterocycles. The van der Waals surface area contributed by atoms with Gasteiger partial charge in [0.05, 0.1) is 6.26 Å². The van der Waals surface area contributed by atoms with Gasteiger partial charge in [0, 0.05) is 13.1 Å². The van der Waals surface area contributed by atoms with Crippen molar-refractivity contribution in [1.82, 2.24) is 10.0 Å². The van der Waals surface area contributed by atoms with E-state index in [2.05, 4.69) is 10.0 Å². The monoisotopic (exact) mass is 294 g/mol. The van der Waals surface area contributed by atoms with Crippen LogP contribution < -0.4 is 10.0 Å². The molecule has 0 spiro atoms. The van der Waals surface area contributed by atoms with E-state index in [4.69, 9.17) is 5.11 Å². The second-order valence-corrected chi connectivity index (χ2v) is 5.94. The second kappa shape index (κ2) is 6.78. The van der Waals surface area contributed by atoms with Crippen LogP contribution >= 0.6 is 0 Å². The third kappa shape index (κ3) is 5.95. The number of benzene rings is 1. The minimum atomic E-state index is -3.18. The minimum absolute atomic E-state index is 0.229. The van der Waals surface area contributed by atoms with Gasteiger partial charge in [-0.3, -0.25) is 0 Å². The highest BCUT2D eigenvalue weighted by atomic mass is 32.2. The minimum Gasteiger partial charge on any atom is -0.503 e. The Morgan fingerprint density at radius 2 is 1.79 bits per heavy atom. The SMILES string of the molecule is CS(=O)(=O)NCCCNCc1cc(F)c(O)c(F)c1. The van der Waals surface area contributed by atoms with Crippen molar-refractivity contribution in [2.75, 3.05) is 19.3 Å². The van der Waals surface area contributed by atoms with Gasteiger partial charge in [0.2, 0.25) is 10.0 Å². The summed E-state index contributed by atoms with van der Waals surface area (Å²) in [6.07, 6.45) is 1.62. The van der Waals surface area contributed by atoms with Crippen LogP contribution in [0.2, 0.25) is 0 Å². The molecule has 5 nitrogen and oxygen atoms in total. The molecule has 0 aliphatic carbocycles. The normalized spacial score (nSPS) is 11.7. The number of halogens is 2. The number of hydrogen-bond donors (Lipinski definition) is 3. The maximum absolute atomic E-state index is 13.0. The first-order valence-corrected chi connectivity index (χ1v) is 7.51. The van der Waals surface area contributed by atoms with Crippen LogP contribution in [0.4, 0.5) is 8.78 Å². The highest BCUT2D eigenvalue weighted by Crippen LogP contribution is 2.21. The zero-order valence-corrected chi connectivity index (χ0v) is 11.2. The molecule has 0 radical (unpaired) electrons. The zero-order valence-electron chi connectivity index (χ0n) is 10.4. The molecule has 0 aliphatic rings. The fourth-order valence-electron chi connectivity index (χ4n) is 1.42. The predicted octanol–water partition coefficient (Wildman–Crippen LogP) is 0.699. The Bertz CT molecular complexity index is 512. The molecule has 8 heteroatoms. The second-order valence-electron chi connectivity index (χ2n) is 4.10. The van der Waals surface area contributed by atoms with Crippen molar-refractivity contribution in [1.29, 1.82) is 0 Å². The summed E-state index contributed by atoms with van der Waals surface area (Å²) in [7, 11) is -3.18. The van der Waals surface area contributed by atoms with E-state index in [-0.39, 0.29) is 6.54 Å². The zero-order chi connectivity index (χ0) is 14.5. The van der Waals surface area contributed by atoms with Crippen molar-refractivity contribution in [3.63, 3.8) is 0 Å². The van der Waals surface area contributed by atoms with E-state index in [1.807, 2.05) is 0 Å². The average Bonchev–Trinajstić information content (AvgIpc) is 2.29. The fraction of sp³-hybridized carbons (Fsp3) is 0.455. The summed E-state index contributed by atoms with van der Waals surface area (Å²) < 4.78 is 49.8.